The molecule has 4 nitrogen and oxygen atoms in total. The van der Waals surface area contributed by atoms with E-state index < -0.39 is 5.97 Å². The fourth-order valence-electron chi connectivity index (χ4n) is 2.98. The molecule has 112 valence electrons. The Labute approximate surface area is 128 Å². The maximum absolute atomic E-state index is 11.6. The summed E-state index contributed by atoms with van der Waals surface area (Å²) in [6, 6.07) is 4.60. The number of thiophene rings is 1. The summed E-state index contributed by atoms with van der Waals surface area (Å²) in [5.74, 6) is 0.739. The number of furan rings is 1. The van der Waals surface area contributed by atoms with E-state index in [1.54, 1.807) is 11.3 Å². The van der Waals surface area contributed by atoms with Gasteiger partial charge in [0.15, 0.2) is 0 Å². The molecule has 1 aliphatic heterocycles. The largest absolute Gasteiger partial charge is 0.463 e. The first-order chi connectivity index (χ1) is 10.2. The molecule has 0 bridgehead atoms. The van der Waals surface area contributed by atoms with Gasteiger partial charge >= 0.3 is 5.97 Å². The number of hydrogen-bond acceptors (Lipinski definition) is 5. The van der Waals surface area contributed by atoms with Crippen LogP contribution in [-0.4, -0.2) is 24.5 Å². The molecule has 1 atom stereocenters. The van der Waals surface area contributed by atoms with Crippen molar-refractivity contribution in [2.45, 2.75) is 32.4 Å². The Balaban J connectivity index is 1.75. The molecule has 21 heavy (non-hydrogen) atoms. The van der Waals surface area contributed by atoms with Crippen LogP contribution in [-0.2, 0) is 11.3 Å². The second-order valence-corrected chi connectivity index (χ2v) is 6.18. The monoisotopic (exact) mass is 305 g/mol. The first kappa shape index (κ1) is 14.4. The molecule has 0 N–H and O–H groups in total. The first-order valence-electron chi connectivity index (χ1n) is 7.13. The lowest BCUT2D eigenvalue weighted by atomic mass is 10.1. The Morgan fingerprint density at radius 3 is 3.14 bits per heavy atom. The van der Waals surface area contributed by atoms with E-state index in [1.807, 2.05) is 13.0 Å². The molecule has 1 aliphatic rings. The highest BCUT2D eigenvalue weighted by molar-refractivity contribution is 7.07. The molecule has 0 amide bonds. The van der Waals surface area contributed by atoms with Gasteiger partial charge in [-0.15, -0.1) is 0 Å². The topological polar surface area (TPSA) is 42.7 Å². The summed E-state index contributed by atoms with van der Waals surface area (Å²) in [5, 5.41) is 4.34. The van der Waals surface area contributed by atoms with Crippen LogP contribution in [0.15, 0.2) is 27.3 Å². The second kappa shape index (κ2) is 6.03. The van der Waals surface area contributed by atoms with Crippen molar-refractivity contribution >= 4 is 17.3 Å². The third-order valence-electron chi connectivity index (χ3n) is 3.99. The quantitative estimate of drug-likeness (QED) is 0.806. The molecule has 3 rings (SSSR count). The maximum atomic E-state index is 11.6. The average Bonchev–Trinajstić information content (AvgIpc) is 3.18. The van der Waals surface area contributed by atoms with Crippen LogP contribution in [0.1, 0.15) is 46.3 Å². The van der Waals surface area contributed by atoms with E-state index in [9.17, 15) is 4.79 Å². The van der Waals surface area contributed by atoms with Gasteiger partial charge in [-0.3, -0.25) is 4.90 Å². The van der Waals surface area contributed by atoms with Gasteiger partial charge in [0.2, 0.25) is 5.76 Å². The highest BCUT2D eigenvalue weighted by Crippen LogP contribution is 2.34. The summed E-state index contributed by atoms with van der Waals surface area (Å²) < 4.78 is 10.4. The third-order valence-corrected chi connectivity index (χ3v) is 4.69. The van der Waals surface area contributed by atoms with Gasteiger partial charge in [-0.2, -0.15) is 11.3 Å². The molecule has 1 fully saturated rings. The van der Waals surface area contributed by atoms with Crippen molar-refractivity contribution in [3.63, 3.8) is 0 Å². The van der Waals surface area contributed by atoms with Crippen LogP contribution in [0.2, 0.25) is 0 Å². The average molecular weight is 305 g/mol. The normalized spacial score (nSPS) is 19.0. The van der Waals surface area contributed by atoms with E-state index in [-0.39, 0.29) is 0 Å². The molecule has 0 aliphatic carbocycles. The zero-order chi connectivity index (χ0) is 14.8. The van der Waals surface area contributed by atoms with E-state index >= 15 is 0 Å². The molecule has 0 saturated carbocycles. The van der Waals surface area contributed by atoms with Gasteiger partial charge in [-0.25, -0.2) is 4.79 Å². The Morgan fingerprint density at radius 1 is 1.57 bits per heavy atom. The van der Waals surface area contributed by atoms with Crippen LogP contribution in [0.25, 0.3) is 0 Å². The molecule has 2 aromatic rings. The van der Waals surface area contributed by atoms with Crippen molar-refractivity contribution < 1.29 is 13.9 Å². The van der Waals surface area contributed by atoms with Crippen molar-refractivity contribution in [2.24, 2.45) is 0 Å². The predicted molar refractivity (Wildman–Crippen MR) is 81.5 cm³/mol. The van der Waals surface area contributed by atoms with Crippen molar-refractivity contribution in [3.05, 3.63) is 45.5 Å². The number of esters is 1. The Bertz CT molecular complexity index is 618. The van der Waals surface area contributed by atoms with Crippen molar-refractivity contribution in [3.8, 4) is 0 Å². The number of likely N-dealkylation sites (tertiary alicyclic amines) is 1. The summed E-state index contributed by atoms with van der Waals surface area (Å²) >= 11 is 1.74. The number of hydrogen-bond donors (Lipinski definition) is 0. The predicted octanol–water partition coefficient (Wildman–Crippen LogP) is 3.77. The van der Waals surface area contributed by atoms with Crippen molar-refractivity contribution in [1.82, 2.24) is 4.90 Å². The molecule has 3 heterocycles. The van der Waals surface area contributed by atoms with Gasteiger partial charge in [-0.05, 0) is 54.8 Å². The van der Waals surface area contributed by atoms with E-state index in [2.05, 4.69) is 21.7 Å². The molecule has 2 aromatic heterocycles. The highest BCUT2D eigenvalue weighted by Gasteiger charge is 2.27. The molecular formula is C16H19NO3S. The van der Waals surface area contributed by atoms with E-state index in [0.717, 1.165) is 24.4 Å². The van der Waals surface area contributed by atoms with Gasteiger partial charge in [0, 0.05) is 11.6 Å². The fourth-order valence-corrected chi connectivity index (χ4v) is 3.69. The molecular weight excluding hydrogens is 286 g/mol. The lowest BCUT2D eigenvalue weighted by Crippen LogP contribution is -2.22. The highest BCUT2D eigenvalue weighted by atomic mass is 32.1. The summed E-state index contributed by atoms with van der Waals surface area (Å²) in [7, 11) is 1.37. The minimum Gasteiger partial charge on any atom is -0.463 e. The smallest absolute Gasteiger partial charge is 0.374 e. The minimum absolute atomic E-state index is 0.318. The second-order valence-electron chi connectivity index (χ2n) is 5.40. The Morgan fingerprint density at radius 2 is 2.43 bits per heavy atom. The standard InChI is InChI=1S/C16H19NO3S/c1-11-8-13(20-15(11)16(18)19-2)9-17-6-3-4-14(17)12-5-7-21-10-12/h5,7-8,10,14H,3-4,6,9H2,1-2H3/t14-/m1/s1. The third kappa shape index (κ3) is 2.89. The van der Waals surface area contributed by atoms with Gasteiger partial charge < -0.3 is 9.15 Å². The van der Waals surface area contributed by atoms with Crippen LogP contribution in [0, 0.1) is 6.92 Å². The fraction of sp³-hybridized carbons (Fsp3) is 0.438. The summed E-state index contributed by atoms with van der Waals surface area (Å²) in [6.07, 6.45) is 2.38. The van der Waals surface area contributed by atoms with Crippen molar-refractivity contribution in [1.29, 1.82) is 0 Å². The lowest BCUT2D eigenvalue weighted by molar-refractivity contribution is 0.0559. The number of carbonyl (C=O) groups excluding carboxylic acids is 1. The molecule has 5 heteroatoms. The van der Waals surface area contributed by atoms with Gasteiger partial charge in [0.05, 0.1) is 13.7 Å². The first-order valence-corrected chi connectivity index (χ1v) is 8.07. The van der Waals surface area contributed by atoms with Crippen LogP contribution in [0.4, 0.5) is 0 Å². The Hall–Kier alpha value is -1.59. The summed E-state index contributed by atoms with van der Waals surface area (Å²) in [6.45, 7) is 3.67. The maximum Gasteiger partial charge on any atom is 0.374 e. The van der Waals surface area contributed by atoms with Gasteiger partial charge in [-0.1, -0.05) is 0 Å². The van der Waals surface area contributed by atoms with Crippen molar-refractivity contribution in [2.75, 3.05) is 13.7 Å². The van der Waals surface area contributed by atoms with Gasteiger partial charge in [0.25, 0.3) is 0 Å². The molecule has 0 spiro atoms. The zero-order valence-corrected chi connectivity index (χ0v) is 13.1. The number of rotatable bonds is 4. The number of carbonyl (C=O) groups is 1. The van der Waals surface area contributed by atoms with Gasteiger partial charge in [0.1, 0.15) is 5.76 Å². The molecule has 0 aromatic carbocycles. The minimum atomic E-state index is -0.408. The molecule has 0 unspecified atom stereocenters. The number of aryl methyl sites for hydroxylation is 1. The molecule has 0 radical (unpaired) electrons. The summed E-state index contributed by atoms with van der Waals surface area (Å²) in [5.41, 5.74) is 2.22. The van der Waals surface area contributed by atoms with E-state index in [4.69, 9.17) is 9.15 Å². The van der Waals surface area contributed by atoms with Crippen LogP contribution < -0.4 is 0 Å². The van der Waals surface area contributed by atoms with Crippen LogP contribution in [0.3, 0.4) is 0 Å². The van der Waals surface area contributed by atoms with Crippen LogP contribution >= 0.6 is 11.3 Å². The van der Waals surface area contributed by atoms with Crippen LogP contribution in [0.5, 0.6) is 0 Å². The summed E-state index contributed by atoms with van der Waals surface area (Å²) in [4.78, 5) is 14.0. The SMILES string of the molecule is COC(=O)c1oc(CN2CCC[C@@H]2c2ccsc2)cc1C. The Kier molecular flexibility index (Phi) is 4.12. The lowest BCUT2D eigenvalue weighted by Gasteiger charge is -2.22. The van der Waals surface area contributed by atoms with E-state index in [0.29, 0.717) is 11.8 Å². The zero-order valence-electron chi connectivity index (χ0n) is 12.3. The number of methoxy groups -OCH3 is 1. The van der Waals surface area contributed by atoms with E-state index in [1.165, 1.54) is 25.5 Å². The molecule has 1 saturated heterocycles. The number of nitrogens with zero attached hydrogens (tertiary/aromatic N) is 1. The number of ether oxygens (including phenoxy) is 1.